The van der Waals surface area contributed by atoms with Gasteiger partial charge in [0.15, 0.2) is 0 Å². The number of benzene rings is 1. The van der Waals surface area contributed by atoms with Crippen molar-refractivity contribution >= 4 is 23.6 Å². The van der Waals surface area contributed by atoms with Gasteiger partial charge >= 0.3 is 5.97 Å². The highest BCUT2D eigenvalue weighted by atomic mass is 16.4. The molecule has 1 aromatic carbocycles. The Balaban J connectivity index is 2.41. The Morgan fingerprint density at radius 1 is 1.19 bits per heavy atom. The van der Waals surface area contributed by atoms with Crippen molar-refractivity contribution in [3.8, 4) is 0 Å². The average molecular weight is 289 g/mol. The van der Waals surface area contributed by atoms with Crippen molar-refractivity contribution in [2.24, 2.45) is 0 Å². The van der Waals surface area contributed by atoms with E-state index in [0.717, 1.165) is 24.5 Å². The predicted octanol–water partition coefficient (Wildman–Crippen LogP) is 4.08. The van der Waals surface area contributed by atoms with E-state index in [1.165, 1.54) is 25.3 Å². The summed E-state index contributed by atoms with van der Waals surface area (Å²) in [5.74, 6) is -0.984. The molecule has 114 valence electrons. The van der Waals surface area contributed by atoms with E-state index in [0.29, 0.717) is 12.1 Å². The molecule has 0 saturated carbocycles. The first kappa shape index (κ1) is 17.0. The Labute approximate surface area is 125 Å². The third-order valence-corrected chi connectivity index (χ3v) is 3.10. The van der Waals surface area contributed by atoms with E-state index in [2.05, 4.69) is 12.2 Å². The number of rotatable bonds is 9. The number of nitrogens with one attached hydrogen (secondary N) is 1. The molecule has 0 bridgehead atoms. The summed E-state index contributed by atoms with van der Waals surface area (Å²) >= 11 is 0. The summed E-state index contributed by atoms with van der Waals surface area (Å²) in [5, 5.41) is 11.4. The fraction of sp³-hybridized carbons (Fsp3) is 0.412. The molecular weight excluding hydrogens is 266 g/mol. The number of hydrogen-bond acceptors (Lipinski definition) is 2. The summed E-state index contributed by atoms with van der Waals surface area (Å²) in [6.07, 6.45) is 8.70. The van der Waals surface area contributed by atoms with Gasteiger partial charge in [0, 0.05) is 18.2 Å². The fourth-order valence-corrected chi connectivity index (χ4v) is 2.00. The second-order valence-electron chi connectivity index (χ2n) is 5.01. The van der Waals surface area contributed by atoms with Crippen LogP contribution in [-0.4, -0.2) is 17.0 Å². The second-order valence-corrected chi connectivity index (χ2v) is 5.01. The standard InChI is InChI=1S/C17H23NO3/c1-2-3-4-5-6-10-16(19)18-15-9-7-8-14(13-15)11-12-17(20)21/h7-9,11-13H,2-6,10H2,1H3,(H,18,19)(H,20,21). The van der Waals surface area contributed by atoms with Crippen LogP contribution in [0.15, 0.2) is 30.3 Å². The molecule has 2 N–H and O–H groups in total. The van der Waals surface area contributed by atoms with Crippen LogP contribution in [0.2, 0.25) is 0 Å². The minimum atomic E-state index is -0.989. The molecule has 21 heavy (non-hydrogen) atoms. The summed E-state index contributed by atoms with van der Waals surface area (Å²) in [6, 6.07) is 7.14. The number of carboxylic acids is 1. The van der Waals surface area contributed by atoms with Crippen LogP contribution in [0.3, 0.4) is 0 Å². The van der Waals surface area contributed by atoms with Crippen LogP contribution in [-0.2, 0) is 9.59 Å². The predicted molar refractivity (Wildman–Crippen MR) is 85.1 cm³/mol. The van der Waals surface area contributed by atoms with E-state index < -0.39 is 5.97 Å². The first-order valence-electron chi connectivity index (χ1n) is 7.42. The smallest absolute Gasteiger partial charge is 0.328 e. The highest BCUT2D eigenvalue weighted by Crippen LogP contribution is 2.13. The minimum Gasteiger partial charge on any atom is -0.478 e. The van der Waals surface area contributed by atoms with E-state index in [4.69, 9.17) is 5.11 Å². The van der Waals surface area contributed by atoms with E-state index >= 15 is 0 Å². The van der Waals surface area contributed by atoms with Crippen molar-refractivity contribution < 1.29 is 14.7 Å². The van der Waals surface area contributed by atoms with Gasteiger partial charge in [-0.3, -0.25) is 4.79 Å². The number of carboxylic acid groups (broad SMARTS) is 1. The normalized spacial score (nSPS) is 10.7. The van der Waals surface area contributed by atoms with Gasteiger partial charge in [-0.2, -0.15) is 0 Å². The number of amides is 1. The summed E-state index contributed by atoms with van der Waals surface area (Å²) in [6.45, 7) is 2.17. The van der Waals surface area contributed by atoms with Gasteiger partial charge in [0.1, 0.15) is 0 Å². The molecule has 1 aromatic rings. The molecule has 0 aromatic heterocycles. The zero-order valence-electron chi connectivity index (χ0n) is 12.5. The van der Waals surface area contributed by atoms with E-state index in [-0.39, 0.29) is 5.91 Å². The summed E-state index contributed by atoms with van der Waals surface area (Å²) in [5.41, 5.74) is 1.44. The Morgan fingerprint density at radius 3 is 2.67 bits per heavy atom. The maximum Gasteiger partial charge on any atom is 0.328 e. The molecule has 1 rings (SSSR count). The van der Waals surface area contributed by atoms with E-state index in [9.17, 15) is 9.59 Å². The fourth-order valence-electron chi connectivity index (χ4n) is 2.00. The van der Waals surface area contributed by atoms with Gasteiger partial charge in [-0.15, -0.1) is 0 Å². The van der Waals surface area contributed by atoms with E-state index in [1.807, 2.05) is 0 Å². The maximum atomic E-state index is 11.8. The van der Waals surface area contributed by atoms with Crippen LogP contribution in [0.1, 0.15) is 51.0 Å². The largest absolute Gasteiger partial charge is 0.478 e. The summed E-state index contributed by atoms with van der Waals surface area (Å²) < 4.78 is 0. The van der Waals surface area contributed by atoms with Gasteiger partial charge in [0.25, 0.3) is 0 Å². The van der Waals surface area contributed by atoms with Crippen molar-refractivity contribution in [2.75, 3.05) is 5.32 Å². The van der Waals surface area contributed by atoms with Crippen LogP contribution >= 0.6 is 0 Å². The zero-order valence-corrected chi connectivity index (χ0v) is 12.5. The maximum absolute atomic E-state index is 11.8. The Bertz CT molecular complexity index is 495. The van der Waals surface area contributed by atoms with Crippen molar-refractivity contribution in [3.05, 3.63) is 35.9 Å². The van der Waals surface area contributed by atoms with Crippen molar-refractivity contribution in [2.45, 2.75) is 45.4 Å². The number of anilines is 1. The molecule has 4 nitrogen and oxygen atoms in total. The SMILES string of the molecule is CCCCCCCC(=O)Nc1cccc(C=CC(=O)O)c1. The van der Waals surface area contributed by atoms with Crippen LogP contribution in [0.4, 0.5) is 5.69 Å². The lowest BCUT2D eigenvalue weighted by Crippen LogP contribution is -2.11. The van der Waals surface area contributed by atoms with Gasteiger partial charge in [0.05, 0.1) is 0 Å². The van der Waals surface area contributed by atoms with Crippen LogP contribution in [0.5, 0.6) is 0 Å². The molecule has 0 aliphatic rings. The lowest BCUT2D eigenvalue weighted by Gasteiger charge is -2.06. The number of carbonyl (C=O) groups excluding carboxylic acids is 1. The Kier molecular flexibility index (Phi) is 7.87. The molecule has 0 heterocycles. The monoisotopic (exact) mass is 289 g/mol. The van der Waals surface area contributed by atoms with Gasteiger partial charge in [0.2, 0.25) is 5.91 Å². The molecule has 0 aliphatic carbocycles. The number of aliphatic carboxylic acids is 1. The number of unbranched alkanes of at least 4 members (excludes halogenated alkanes) is 4. The molecular formula is C17H23NO3. The molecule has 0 unspecified atom stereocenters. The topological polar surface area (TPSA) is 66.4 Å². The molecule has 0 fully saturated rings. The van der Waals surface area contributed by atoms with Crippen LogP contribution in [0, 0.1) is 0 Å². The molecule has 4 heteroatoms. The van der Waals surface area contributed by atoms with Gasteiger partial charge in [-0.1, -0.05) is 44.7 Å². The lowest BCUT2D eigenvalue weighted by molar-refractivity contribution is -0.131. The second kappa shape index (κ2) is 9.75. The Hall–Kier alpha value is -2.10. The van der Waals surface area contributed by atoms with Crippen LogP contribution < -0.4 is 5.32 Å². The highest BCUT2D eigenvalue weighted by Gasteiger charge is 2.02. The van der Waals surface area contributed by atoms with Crippen LogP contribution in [0.25, 0.3) is 6.08 Å². The summed E-state index contributed by atoms with van der Waals surface area (Å²) in [4.78, 5) is 22.3. The first-order chi connectivity index (χ1) is 10.1. The minimum absolute atomic E-state index is 0.00543. The summed E-state index contributed by atoms with van der Waals surface area (Å²) in [7, 11) is 0. The van der Waals surface area contributed by atoms with Crippen molar-refractivity contribution in [3.63, 3.8) is 0 Å². The molecule has 0 spiro atoms. The highest BCUT2D eigenvalue weighted by molar-refractivity contribution is 5.91. The zero-order chi connectivity index (χ0) is 15.5. The van der Waals surface area contributed by atoms with E-state index in [1.54, 1.807) is 24.3 Å². The lowest BCUT2D eigenvalue weighted by atomic mass is 10.1. The van der Waals surface area contributed by atoms with Crippen molar-refractivity contribution in [1.29, 1.82) is 0 Å². The third-order valence-electron chi connectivity index (χ3n) is 3.10. The van der Waals surface area contributed by atoms with Gasteiger partial charge in [-0.05, 0) is 30.2 Å². The van der Waals surface area contributed by atoms with Gasteiger partial charge < -0.3 is 10.4 Å². The molecule has 0 saturated heterocycles. The third kappa shape index (κ3) is 7.92. The first-order valence-corrected chi connectivity index (χ1v) is 7.42. The quantitative estimate of drug-likeness (QED) is 0.531. The average Bonchev–Trinajstić information content (AvgIpc) is 2.45. The number of carbonyl (C=O) groups is 2. The van der Waals surface area contributed by atoms with Gasteiger partial charge in [-0.25, -0.2) is 4.79 Å². The molecule has 1 amide bonds. The number of hydrogen-bond donors (Lipinski definition) is 2. The molecule has 0 aliphatic heterocycles. The molecule has 0 radical (unpaired) electrons. The Morgan fingerprint density at radius 2 is 1.95 bits per heavy atom. The van der Waals surface area contributed by atoms with Crippen molar-refractivity contribution in [1.82, 2.24) is 0 Å². The molecule has 0 atom stereocenters.